The minimum absolute atomic E-state index is 0.0508. The smallest absolute Gasteiger partial charge is 0.325 e. The summed E-state index contributed by atoms with van der Waals surface area (Å²) >= 11 is 1.59. The molecule has 0 aliphatic carbocycles. The van der Waals surface area contributed by atoms with Crippen molar-refractivity contribution in [2.24, 2.45) is 5.73 Å². The summed E-state index contributed by atoms with van der Waals surface area (Å²) in [6, 6.07) is 10.1. The predicted octanol–water partition coefficient (Wildman–Crippen LogP) is 2.47. The monoisotopic (exact) mass is 366 g/mol. The summed E-state index contributed by atoms with van der Waals surface area (Å²) < 4.78 is 5.34. The molecule has 2 atom stereocenters. The highest BCUT2D eigenvalue weighted by Gasteiger charge is 2.36. The molecule has 0 bridgehead atoms. The van der Waals surface area contributed by atoms with Crippen LogP contribution in [0.25, 0.3) is 0 Å². The Balaban J connectivity index is 2.02. The van der Waals surface area contributed by atoms with Gasteiger partial charge in [-0.2, -0.15) is 0 Å². The van der Waals surface area contributed by atoms with Gasteiger partial charge in [0, 0.05) is 13.8 Å². The zero-order valence-electron chi connectivity index (χ0n) is 14.5. The molecular formula is C17H26N2O3SSi. The summed E-state index contributed by atoms with van der Waals surface area (Å²) in [6.07, 6.45) is 0. The van der Waals surface area contributed by atoms with Crippen LogP contribution >= 0.6 is 11.8 Å². The van der Waals surface area contributed by atoms with E-state index in [0.29, 0.717) is 12.4 Å². The number of rotatable bonds is 6. The maximum Gasteiger partial charge on any atom is 0.325 e. The first-order valence-electron chi connectivity index (χ1n) is 8.16. The Morgan fingerprint density at radius 1 is 1.33 bits per heavy atom. The summed E-state index contributed by atoms with van der Waals surface area (Å²) in [7, 11) is -1.25. The van der Waals surface area contributed by atoms with E-state index in [4.69, 9.17) is 10.5 Å². The summed E-state index contributed by atoms with van der Waals surface area (Å²) in [6.45, 7) is 7.07. The van der Waals surface area contributed by atoms with Crippen molar-refractivity contribution in [2.45, 2.75) is 37.1 Å². The molecular weight excluding hydrogens is 340 g/mol. The lowest BCUT2D eigenvalue weighted by atomic mass is 10.2. The van der Waals surface area contributed by atoms with Gasteiger partial charge in [-0.15, -0.1) is 11.8 Å². The Labute approximate surface area is 148 Å². The van der Waals surface area contributed by atoms with Crippen molar-refractivity contribution in [1.29, 1.82) is 0 Å². The van der Waals surface area contributed by atoms with Gasteiger partial charge < -0.3 is 15.4 Å². The van der Waals surface area contributed by atoms with Crippen molar-refractivity contribution in [2.75, 3.05) is 18.9 Å². The van der Waals surface area contributed by atoms with E-state index in [1.165, 1.54) is 0 Å². The predicted molar refractivity (Wildman–Crippen MR) is 100 cm³/mol. The lowest BCUT2D eigenvalue weighted by Crippen LogP contribution is -2.51. The summed E-state index contributed by atoms with van der Waals surface area (Å²) in [5.41, 5.74) is 6.88. The summed E-state index contributed by atoms with van der Waals surface area (Å²) in [5, 5.41) is -0.192. The molecule has 7 heteroatoms. The van der Waals surface area contributed by atoms with Crippen LogP contribution in [0.4, 0.5) is 0 Å². The van der Waals surface area contributed by atoms with E-state index in [2.05, 4.69) is 19.6 Å². The second-order valence-corrected chi connectivity index (χ2v) is 13.9. The van der Waals surface area contributed by atoms with Crippen LogP contribution in [0.3, 0.4) is 0 Å². The van der Waals surface area contributed by atoms with Crippen LogP contribution in [0, 0.1) is 0 Å². The van der Waals surface area contributed by atoms with Crippen molar-refractivity contribution in [3.8, 4) is 0 Å². The molecule has 0 aromatic heterocycles. The molecule has 1 aliphatic heterocycles. The fourth-order valence-electron chi connectivity index (χ4n) is 2.40. The van der Waals surface area contributed by atoms with Crippen molar-refractivity contribution in [3.05, 3.63) is 35.9 Å². The molecule has 1 aromatic rings. The van der Waals surface area contributed by atoms with Gasteiger partial charge in [0.2, 0.25) is 5.91 Å². The molecule has 1 heterocycles. The molecule has 2 rings (SSSR count). The molecule has 0 spiro atoms. The highest BCUT2D eigenvalue weighted by atomic mass is 32.2. The molecule has 1 unspecified atom stereocenters. The fraction of sp³-hybridized carbons (Fsp3) is 0.529. The van der Waals surface area contributed by atoms with Gasteiger partial charge in [0.25, 0.3) is 0 Å². The number of amides is 1. The first-order chi connectivity index (χ1) is 11.3. The number of esters is 1. The van der Waals surface area contributed by atoms with E-state index >= 15 is 0 Å². The number of carbonyl (C=O) groups excluding carboxylic acids is 2. The molecule has 1 aromatic carbocycles. The van der Waals surface area contributed by atoms with E-state index in [1.807, 2.05) is 30.3 Å². The molecule has 1 aliphatic rings. The number of hydrogen-bond acceptors (Lipinski definition) is 5. The van der Waals surface area contributed by atoms with Gasteiger partial charge in [-0.3, -0.25) is 9.59 Å². The highest BCUT2D eigenvalue weighted by Crippen LogP contribution is 2.36. The van der Waals surface area contributed by atoms with Crippen LogP contribution in [-0.2, 0) is 14.3 Å². The van der Waals surface area contributed by atoms with Crippen molar-refractivity contribution < 1.29 is 14.3 Å². The molecule has 2 N–H and O–H groups in total. The van der Waals surface area contributed by atoms with Gasteiger partial charge in [0.15, 0.2) is 0 Å². The zero-order valence-corrected chi connectivity index (χ0v) is 16.3. The van der Waals surface area contributed by atoms with Crippen LogP contribution in [0.5, 0.6) is 0 Å². The normalized spacial score (nSPS) is 21.7. The van der Waals surface area contributed by atoms with E-state index in [9.17, 15) is 9.59 Å². The lowest BCUT2D eigenvalue weighted by Gasteiger charge is -2.37. The third-order valence-electron chi connectivity index (χ3n) is 3.82. The van der Waals surface area contributed by atoms with Crippen molar-refractivity contribution >= 4 is 31.7 Å². The Bertz CT molecular complexity index is 577. The van der Waals surface area contributed by atoms with Gasteiger partial charge in [-0.1, -0.05) is 50.0 Å². The van der Waals surface area contributed by atoms with Crippen molar-refractivity contribution in [3.63, 3.8) is 0 Å². The number of ether oxygens (including phenoxy) is 1. The van der Waals surface area contributed by atoms with Crippen LogP contribution in [0.2, 0.25) is 25.7 Å². The fourth-order valence-corrected chi connectivity index (χ4v) is 4.35. The van der Waals surface area contributed by atoms with Gasteiger partial charge in [0.05, 0.1) is 12.6 Å². The minimum atomic E-state index is -1.25. The van der Waals surface area contributed by atoms with Gasteiger partial charge in [0.1, 0.15) is 11.9 Å². The largest absolute Gasteiger partial charge is 0.465 e. The van der Waals surface area contributed by atoms with E-state index < -0.39 is 14.1 Å². The second kappa shape index (κ2) is 8.18. The number of nitrogens with zero attached hydrogens (tertiary/aromatic N) is 1. The molecule has 24 heavy (non-hydrogen) atoms. The van der Waals surface area contributed by atoms with Gasteiger partial charge in [-0.05, 0) is 11.6 Å². The molecule has 1 saturated heterocycles. The Hall–Kier alpha value is -1.31. The molecule has 0 radical (unpaired) electrons. The molecule has 0 saturated carbocycles. The Kier molecular flexibility index (Phi) is 6.48. The number of benzene rings is 1. The number of thioether (sulfide) groups is 1. The van der Waals surface area contributed by atoms with E-state index in [0.717, 1.165) is 11.6 Å². The van der Waals surface area contributed by atoms with E-state index in [1.54, 1.807) is 16.7 Å². The third kappa shape index (κ3) is 5.36. The average molecular weight is 367 g/mol. The first kappa shape index (κ1) is 19.0. The first-order valence-corrected chi connectivity index (χ1v) is 12.9. The van der Waals surface area contributed by atoms with Gasteiger partial charge >= 0.3 is 5.97 Å². The third-order valence-corrected chi connectivity index (χ3v) is 6.91. The molecule has 1 fully saturated rings. The summed E-state index contributed by atoms with van der Waals surface area (Å²) in [4.78, 5) is 26.2. The lowest BCUT2D eigenvalue weighted by molar-refractivity contribution is -0.150. The van der Waals surface area contributed by atoms with E-state index in [-0.39, 0.29) is 23.8 Å². The molecule has 132 valence electrons. The Morgan fingerprint density at radius 3 is 2.62 bits per heavy atom. The van der Waals surface area contributed by atoms with Crippen molar-refractivity contribution in [1.82, 2.24) is 4.90 Å². The quantitative estimate of drug-likeness (QED) is 0.618. The maximum absolute atomic E-state index is 12.5. The number of carbonyl (C=O) groups is 2. The second-order valence-electron chi connectivity index (χ2n) is 7.20. The maximum atomic E-state index is 12.5. The SMILES string of the molecule is C[Si](C)(C)CCOC(=O)CN1C(=O)[C@@H](N)CSC1c1ccccc1. The van der Waals surface area contributed by atoms with Crippen LogP contribution in [-0.4, -0.2) is 49.8 Å². The molecule has 5 nitrogen and oxygen atoms in total. The zero-order chi connectivity index (χ0) is 17.7. The molecule has 1 amide bonds. The van der Waals surface area contributed by atoms with Crippen LogP contribution < -0.4 is 5.73 Å². The van der Waals surface area contributed by atoms with Crippen LogP contribution in [0.1, 0.15) is 10.9 Å². The van der Waals surface area contributed by atoms with Gasteiger partial charge in [-0.25, -0.2) is 0 Å². The highest BCUT2D eigenvalue weighted by molar-refractivity contribution is 7.99. The number of hydrogen-bond donors (Lipinski definition) is 1. The minimum Gasteiger partial charge on any atom is -0.465 e. The Morgan fingerprint density at radius 2 is 2.00 bits per heavy atom. The average Bonchev–Trinajstić information content (AvgIpc) is 2.51. The topological polar surface area (TPSA) is 72.6 Å². The number of nitrogens with two attached hydrogens (primary N) is 1. The summed E-state index contributed by atoms with van der Waals surface area (Å²) in [5.74, 6) is 0.00140. The van der Waals surface area contributed by atoms with Crippen LogP contribution in [0.15, 0.2) is 30.3 Å². The standard InChI is InChI=1S/C17H26N2O3SSi/c1-24(2,3)10-9-22-15(20)11-19-16(21)14(18)12-23-17(19)13-7-5-4-6-8-13/h4-8,14,17H,9-12,18H2,1-3H3/t14-,17?/m0/s1.